The molecule has 0 bridgehead atoms. The van der Waals surface area contributed by atoms with Crippen molar-refractivity contribution in [2.24, 2.45) is 0 Å². The smallest absolute Gasteiger partial charge is 0.127 e. The van der Waals surface area contributed by atoms with Crippen molar-refractivity contribution >= 4 is 0 Å². The lowest BCUT2D eigenvalue weighted by atomic mass is 9.89. The summed E-state index contributed by atoms with van der Waals surface area (Å²) in [6, 6.07) is 7.83. The predicted octanol–water partition coefficient (Wildman–Crippen LogP) is 3.05. The van der Waals surface area contributed by atoms with E-state index in [1.807, 2.05) is 12.1 Å². The van der Waals surface area contributed by atoms with Gasteiger partial charge in [0.2, 0.25) is 0 Å². The number of nitrogens with zero attached hydrogens (tertiary/aromatic N) is 2. The van der Waals surface area contributed by atoms with E-state index in [0.717, 1.165) is 38.1 Å². The standard InChI is InChI=1S/C19H27FN2O/c20-18-6-2-1-5-16(18)14-21-11-8-19(15-21)13-17(7-12-23-19)22-9-3-4-10-22/h1-2,5-6,17H,3-4,7-15H2/t17-,19-/m1/s1. The SMILES string of the molecule is Fc1ccccc1CN1CC[C@@]2(C[C@H](N3CCCC3)CCO2)C1. The lowest BCUT2D eigenvalue weighted by Crippen LogP contribution is -2.49. The molecule has 0 N–H and O–H groups in total. The molecule has 3 aliphatic rings. The van der Waals surface area contributed by atoms with Gasteiger partial charge in [0.25, 0.3) is 0 Å². The van der Waals surface area contributed by atoms with Crippen LogP contribution >= 0.6 is 0 Å². The molecule has 0 unspecified atom stereocenters. The average Bonchev–Trinajstić information content (AvgIpc) is 3.21. The predicted molar refractivity (Wildman–Crippen MR) is 88.8 cm³/mol. The van der Waals surface area contributed by atoms with Gasteiger partial charge in [-0.15, -0.1) is 0 Å². The monoisotopic (exact) mass is 318 g/mol. The fourth-order valence-electron chi connectivity index (χ4n) is 4.63. The number of ether oxygens (including phenoxy) is 1. The van der Waals surface area contributed by atoms with Crippen LogP contribution in [0, 0.1) is 5.82 Å². The molecule has 0 aromatic heterocycles. The van der Waals surface area contributed by atoms with E-state index in [4.69, 9.17) is 4.74 Å². The average molecular weight is 318 g/mol. The first kappa shape index (κ1) is 15.6. The van der Waals surface area contributed by atoms with Gasteiger partial charge in [0.05, 0.1) is 5.60 Å². The van der Waals surface area contributed by atoms with E-state index in [2.05, 4.69) is 9.80 Å². The summed E-state index contributed by atoms with van der Waals surface area (Å²) in [6.45, 7) is 6.08. The lowest BCUT2D eigenvalue weighted by Gasteiger charge is -2.41. The molecule has 0 saturated carbocycles. The van der Waals surface area contributed by atoms with Crippen molar-refractivity contribution in [1.82, 2.24) is 9.80 Å². The van der Waals surface area contributed by atoms with Crippen LogP contribution in [0.5, 0.6) is 0 Å². The molecule has 0 radical (unpaired) electrons. The van der Waals surface area contributed by atoms with Crippen LogP contribution < -0.4 is 0 Å². The third-order valence-corrected chi connectivity index (χ3v) is 5.87. The molecule has 23 heavy (non-hydrogen) atoms. The van der Waals surface area contributed by atoms with E-state index in [0.29, 0.717) is 12.6 Å². The third kappa shape index (κ3) is 3.30. The molecule has 0 aliphatic carbocycles. The molecule has 0 amide bonds. The highest BCUT2D eigenvalue weighted by Gasteiger charge is 2.44. The summed E-state index contributed by atoms with van der Waals surface area (Å²) in [5.74, 6) is -0.0899. The van der Waals surface area contributed by atoms with Gasteiger partial charge in [0, 0.05) is 37.8 Å². The normalized spacial score (nSPS) is 32.8. The number of rotatable bonds is 3. The fraction of sp³-hybridized carbons (Fsp3) is 0.684. The van der Waals surface area contributed by atoms with E-state index < -0.39 is 0 Å². The molecule has 1 aromatic rings. The number of halogens is 1. The molecular weight excluding hydrogens is 291 g/mol. The molecular formula is C19H27FN2O. The Bertz CT molecular complexity index is 546. The van der Waals surface area contributed by atoms with Crippen molar-refractivity contribution in [3.63, 3.8) is 0 Å². The van der Waals surface area contributed by atoms with Gasteiger partial charge in [0.1, 0.15) is 5.82 Å². The Morgan fingerprint density at radius 2 is 2.00 bits per heavy atom. The van der Waals surface area contributed by atoms with E-state index in [-0.39, 0.29) is 11.4 Å². The van der Waals surface area contributed by atoms with Crippen molar-refractivity contribution in [2.45, 2.75) is 50.3 Å². The minimum Gasteiger partial charge on any atom is -0.373 e. The fourth-order valence-corrected chi connectivity index (χ4v) is 4.63. The Kier molecular flexibility index (Phi) is 4.39. The van der Waals surface area contributed by atoms with Gasteiger partial charge in [0.15, 0.2) is 0 Å². The number of hydrogen-bond donors (Lipinski definition) is 0. The van der Waals surface area contributed by atoms with E-state index in [1.54, 1.807) is 12.1 Å². The van der Waals surface area contributed by atoms with Crippen LogP contribution in [0.3, 0.4) is 0 Å². The Morgan fingerprint density at radius 1 is 1.17 bits per heavy atom. The molecule has 3 saturated heterocycles. The van der Waals surface area contributed by atoms with Gasteiger partial charge in [-0.05, 0) is 51.3 Å². The van der Waals surface area contributed by atoms with Crippen LogP contribution in [0.2, 0.25) is 0 Å². The van der Waals surface area contributed by atoms with Crippen LogP contribution in [0.15, 0.2) is 24.3 Å². The minimum atomic E-state index is -0.0899. The van der Waals surface area contributed by atoms with Gasteiger partial charge in [-0.25, -0.2) is 4.39 Å². The van der Waals surface area contributed by atoms with Gasteiger partial charge in [-0.3, -0.25) is 4.90 Å². The Labute approximate surface area is 138 Å². The summed E-state index contributed by atoms with van der Waals surface area (Å²) in [5, 5.41) is 0. The maximum atomic E-state index is 13.9. The molecule has 1 spiro atoms. The van der Waals surface area contributed by atoms with Crippen molar-refractivity contribution in [1.29, 1.82) is 0 Å². The second-order valence-corrected chi connectivity index (χ2v) is 7.47. The van der Waals surface area contributed by atoms with Crippen LogP contribution in [0.4, 0.5) is 4.39 Å². The first-order chi connectivity index (χ1) is 11.2. The number of hydrogen-bond acceptors (Lipinski definition) is 3. The molecule has 4 rings (SSSR count). The first-order valence-corrected chi connectivity index (χ1v) is 9.08. The topological polar surface area (TPSA) is 15.7 Å². The van der Waals surface area contributed by atoms with Gasteiger partial charge < -0.3 is 9.64 Å². The van der Waals surface area contributed by atoms with E-state index >= 15 is 0 Å². The molecule has 2 atom stereocenters. The Hall–Kier alpha value is -0.970. The largest absolute Gasteiger partial charge is 0.373 e. The highest BCUT2D eigenvalue weighted by atomic mass is 19.1. The summed E-state index contributed by atoms with van der Waals surface area (Å²) in [6.07, 6.45) is 6.12. The van der Waals surface area contributed by atoms with Crippen LogP contribution in [-0.2, 0) is 11.3 Å². The summed E-state index contributed by atoms with van der Waals surface area (Å²) < 4.78 is 20.1. The van der Waals surface area contributed by atoms with Gasteiger partial charge in [-0.2, -0.15) is 0 Å². The zero-order valence-electron chi connectivity index (χ0n) is 13.8. The quantitative estimate of drug-likeness (QED) is 0.852. The van der Waals surface area contributed by atoms with Gasteiger partial charge >= 0.3 is 0 Å². The minimum absolute atomic E-state index is 0.0107. The van der Waals surface area contributed by atoms with Crippen molar-refractivity contribution in [2.75, 3.05) is 32.8 Å². The van der Waals surface area contributed by atoms with E-state index in [9.17, 15) is 4.39 Å². The lowest BCUT2D eigenvalue weighted by molar-refractivity contribution is -0.0961. The van der Waals surface area contributed by atoms with Crippen molar-refractivity contribution in [3.05, 3.63) is 35.6 Å². The van der Waals surface area contributed by atoms with Crippen LogP contribution in [-0.4, -0.2) is 54.2 Å². The zero-order valence-corrected chi connectivity index (χ0v) is 13.8. The highest BCUT2D eigenvalue weighted by molar-refractivity contribution is 5.17. The second kappa shape index (κ2) is 6.50. The summed E-state index contributed by atoms with van der Waals surface area (Å²) >= 11 is 0. The molecule has 3 heterocycles. The van der Waals surface area contributed by atoms with Crippen molar-refractivity contribution in [3.8, 4) is 0 Å². The highest BCUT2D eigenvalue weighted by Crippen LogP contribution is 2.37. The summed E-state index contributed by atoms with van der Waals surface area (Å²) in [5.41, 5.74) is 0.813. The zero-order chi connectivity index (χ0) is 15.7. The van der Waals surface area contributed by atoms with Crippen molar-refractivity contribution < 1.29 is 9.13 Å². The van der Waals surface area contributed by atoms with Gasteiger partial charge in [-0.1, -0.05) is 18.2 Å². The summed E-state index contributed by atoms with van der Waals surface area (Å²) in [4.78, 5) is 5.04. The van der Waals surface area contributed by atoms with E-state index in [1.165, 1.54) is 32.4 Å². The number of benzene rings is 1. The summed E-state index contributed by atoms with van der Waals surface area (Å²) in [7, 11) is 0. The molecule has 4 heteroatoms. The third-order valence-electron chi connectivity index (χ3n) is 5.87. The molecule has 1 aromatic carbocycles. The molecule has 3 aliphatic heterocycles. The molecule has 126 valence electrons. The maximum absolute atomic E-state index is 13.9. The molecule has 3 nitrogen and oxygen atoms in total. The first-order valence-electron chi connectivity index (χ1n) is 9.08. The second-order valence-electron chi connectivity index (χ2n) is 7.47. The Balaban J connectivity index is 1.39. The maximum Gasteiger partial charge on any atom is 0.127 e. The number of likely N-dealkylation sites (tertiary alicyclic amines) is 2. The van der Waals surface area contributed by atoms with Crippen LogP contribution in [0.1, 0.15) is 37.7 Å². The Morgan fingerprint density at radius 3 is 2.83 bits per heavy atom. The molecule has 3 fully saturated rings. The van der Waals surface area contributed by atoms with Crippen LogP contribution in [0.25, 0.3) is 0 Å².